The zero-order valence-electron chi connectivity index (χ0n) is 15.0. The van der Waals surface area contributed by atoms with Gasteiger partial charge in [-0.2, -0.15) is 0 Å². The van der Waals surface area contributed by atoms with E-state index in [-0.39, 0.29) is 6.61 Å². The molecular formula is C20H40O2. The summed E-state index contributed by atoms with van der Waals surface area (Å²) >= 11 is 0. The van der Waals surface area contributed by atoms with Crippen molar-refractivity contribution in [2.24, 2.45) is 0 Å². The minimum atomic E-state index is 0.145. The van der Waals surface area contributed by atoms with E-state index in [1.54, 1.807) is 0 Å². The van der Waals surface area contributed by atoms with Crippen LogP contribution in [0.25, 0.3) is 0 Å². The first-order valence-electron chi connectivity index (χ1n) is 9.75. The molecule has 0 rings (SSSR count). The minimum absolute atomic E-state index is 0.145. The minimum Gasteiger partial charge on any atom is -0.394 e. The van der Waals surface area contributed by atoms with E-state index in [0.717, 1.165) is 13.0 Å². The molecule has 2 nitrogen and oxygen atoms in total. The summed E-state index contributed by atoms with van der Waals surface area (Å²) in [4.78, 5) is 0. The number of ether oxygens (including phenoxy) is 1. The third-order valence-corrected chi connectivity index (χ3v) is 4.04. The Morgan fingerprint density at radius 3 is 1.68 bits per heavy atom. The van der Waals surface area contributed by atoms with Crippen LogP contribution >= 0.6 is 0 Å². The van der Waals surface area contributed by atoms with Gasteiger partial charge in [0.1, 0.15) is 0 Å². The highest BCUT2D eigenvalue weighted by Crippen LogP contribution is 2.09. The van der Waals surface area contributed by atoms with Gasteiger partial charge >= 0.3 is 0 Å². The molecule has 2 heteroatoms. The van der Waals surface area contributed by atoms with Gasteiger partial charge in [-0.05, 0) is 32.1 Å². The van der Waals surface area contributed by atoms with E-state index in [0.29, 0.717) is 6.61 Å². The highest BCUT2D eigenvalue weighted by molar-refractivity contribution is 4.81. The summed E-state index contributed by atoms with van der Waals surface area (Å²) in [6.45, 7) is 3.72. The zero-order valence-corrected chi connectivity index (χ0v) is 15.0. The summed E-state index contributed by atoms with van der Waals surface area (Å²) < 4.78 is 5.24. The molecular weight excluding hydrogens is 272 g/mol. The van der Waals surface area contributed by atoms with Gasteiger partial charge in [0.15, 0.2) is 0 Å². The Morgan fingerprint density at radius 1 is 0.636 bits per heavy atom. The predicted octanol–water partition coefficient (Wildman–Crippen LogP) is 6.03. The lowest BCUT2D eigenvalue weighted by Gasteiger charge is -2.02. The summed E-state index contributed by atoms with van der Waals surface area (Å²) in [5.41, 5.74) is 0. The SMILES string of the molecule is CCCCCCCCC=CCCCCCCCCOCCO. The molecule has 0 bridgehead atoms. The van der Waals surface area contributed by atoms with Crippen LogP contribution in [0.4, 0.5) is 0 Å². The zero-order chi connectivity index (χ0) is 16.1. The van der Waals surface area contributed by atoms with Crippen LogP contribution in [-0.2, 0) is 4.74 Å². The van der Waals surface area contributed by atoms with Gasteiger partial charge in [0.05, 0.1) is 13.2 Å². The highest BCUT2D eigenvalue weighted by Gasteiger charge is 1.92. The second-order valence-corrected chi connectivity index (χ2v) is 6.27. The molecule has 0 aromatic carbocycles. The summed E-state index contributed by atoms with van der Waals surface area (Å²) in [5.74, 6) is 0. The average molecular weight is 313 g/mol. The van der Waals surface area contributed by atoms with Gasteiger partial charge in [-0.1, -0.05) is 76.9 Å². The average Bonchev–Trinajstić information content (AvgIpc) is 2.54. The molecule has 0 fully saturated rings. The Morgan fingerprint density at radius 2 is 1.14 bits per heavy atom. The Balaban J connectivity index is 3.02. The lowest BCUT2D eigenvalue weighted by Crippen LogP contribution is -2.00. The highest BCUT2D eigenvalue weighted by atomic mass is 16.5. The van der Waals surface area contributed by atoms with Crippen molar-refractivity contribution in [1.82, 2.24) is 0 Å². The van der Waals surface area contributed by atoms with Gasteiger partial charge in [-0.3, -0.25) is 0 Å². The lowest BCUT2D eigenvalue weighted by atomic mass is 10.1. The topological polar surface area (TPSA) is 29.5 Å². The summed E-state index contributed by atoms with van der Waals surface area (Å²) in [6, 6.07) is 0. The number of unbranched alkanes of at least 4 members (excludes halogenated alkanes) is 12. The maximum atomic E-state index is 8.57. The molecule has 0 saturated carbocycles. The van der Waals surface area contributed by atoms with E-state index in [2.05, 4.69) is 19.1 Å². The quantitative estimate of drug-likeness (QED) is 0.247. The molecule has 0 aromatic heterocycles. The molecule has 0 spiro atoms. The largest absolute Gasteiger partial charge is 0.394 e. The number of allylic oxidation sites excluding steroid dienone is 2. The number of hydrogen-bond acceptors (Lipinski definition) is 2. The van der Waals surface area contributed by atoms with E-state index in [1.807, 2.05) is 0 Å². The van der Waals surface area contributed by atoms with Gasteiger partial charge in [0, 0.05) is 6.61 Å². The summed E-state index contributed by atoms with van der Waals surface area (Å²) in [5, 5.41) is 8.57. The van der Waals surface area contributed by atoms with Crippen molar-refractivity contribution in [3.63, 3.8) is 0 Å². The molecule has 0 unspecified atom stereocenters. The van der Waals surface area contributed by atoms with Crippen molar-refractivity contribution < 1.29 is 9.84 Å². The van der Waals surface area contributed by atoms with Gasteiger partial charge in [0.25, 0.3) is 0 Å². The van der Waals surface area contributed by atoms with Crippen molar-refractivity contribution in [3.05, 3.63) is 12.2 Å². The third kappa shape index (κ3) is 19.7. The van der Waals surface area contributed by atoms with Crippen LogP contribution in [0, 0.1) is 0 Å². The third-order valence-electron chi connectivity index (χ3n) is 4.04. The van der Waals surface area contributed by atoms with E-state index >= 15 is 0 Å². The first-order valence-corrected chi connectivity index (χ1v) is 9.75. The first kappa shape index (κ1) is 21.7. The standard InChI is InChI=1S/C20H40O2/c1-2-3-4-5-6-7-8-9-10-11-12-13-14-15-16-17-19-22-20-18-21/h9-10,21H,2-8,11-20H2,1H3. The fourth-order valence-corrected chi connectivity index (χ4v) is 2.62. The molecule has 0 aliphatic rings. The predicted molar refractivity (Wildman–Crippen MR) is 97.4 cm³/mol. The number of aliphatic hydroxyl groups is 1. The Hall–Kier alpha value is -0.340. The van der Waals surface area contributed by atoms with Crippen LogP contribution < -0.4 is 0 Å². The maximum Gasteiger partial charge on any atom is 0.0697 e. The summed E-state index contributed by atoms with van der Waals surface area (Å²) in [7, 11) is 0. The molecule has 0 atom stereocenters. The molecule has 0 aliphatic carbocycles. The molecule has 22 heavy (non-hydrogen) atoms. The molecule has 0 radical (unpaired) electrons. The normalized spacial score (nSPS) is 11.5. The van der Waals surface area contributed by atoms with E-state index < -0.39 is 0 Å². The maximum absolute atomic E-state index is 8.57. The number of hydrogen-bond donors (Lipinski definition) is 1. The molecule has 0 aliphatic heterocycles. The van der Waals surface area contributed by atoms with Crippen LogP contribution in [0.2, 0.25) is 0 Å². The van der Waals surface area contributed by atoms with Crippen molar-refractivity contribution in [3.8, 4) is 0 Å². The molecule has 1 N–H and O–H groups in total. The second kappa shape index (κ2) is 20.7. The smallest absolute Gasteiger partial charge is 0.0697 e. The molecule has 0 saturated heterocycles. The number of rotatable bonds is 18. The van der Waals surface area contributed by atoms with Crippen LogP contribution in [0.1, 0.15) is 96.8 Å². The molecule has 0 heterocycles. The van der Waals surface area contributed by atoms with Crippen molar-refractivity contribution in [2.45, 2.75) is 96.8 Å². The van der Waals surface area contributed by atoms with Crippen LogP contribution in [0.15, 0.2) is 12.2 Å². The van der Waals surface area contributed by atoms with Crippen molar-refractivity contribution in [1.29, 1.82) is 0 Å². The van der Waals surface area contributed by atoms with E-state index in [9.17, 15) is 0 Å². The Bertz CT molecular complexity index is 214. The fourth-order valence-electron chi connectivity index (χ4n) is 2.62. The van der Waals surface area contributed by atoms with Crippen LogP contribution in [0.5, 0.6) is 0 Å². The van der Waals surface area contributed by atoms with E-state index in [1.165, 1.54) is 83.5 Å². The first-order chi connectivity index (χ1) is 10.9. The monoisotopic (exact) mass is 312 g/mol. The van der Waals surface area contributed by atoms with Crippen LogP contribution in [-0.4, -0.2) is 24.9 Å². The fraction of sp³-hybridized carbons (Fsp3) is 0.900. The van der Waals surface area contributed by atoms with Gasteiger partial charge in [0.2, 0.25) is 0 Å². The second-order valence-electron chi connectivity index (χ2n) is 6.27. The number of aliphatic hydroxyl groups excluding tert-OH is 1. The van der Waals surface area contributed by atoms with Gasteiger partial charge in [-0.15, -0.1) is 0 Å². The van der Waals surface area contributed by atoms with E-state index in [4.69, 9.17) is 9.84 Å². The van der Waals surface area contributed by atoms with Gasteiger partial charge in [-0.25, -0.2) is 0 Å². The molecule has 0 amide bonds. The molecule has 132 valence electrons. The van der Waals surface area contributed by atoms with Gasteiger partial charge < -0.3 is 9.84 Å². The van der Waals surface area contributed by atoms with Crippen molar-refractivity contribution >= 4 is 0 Å². The Kier molecular flexibility index (Phi) is 20.3. The van der Waals surface area contributed by atoms with Crippen LogP contribution in [0.3, 0.4) is 0 Å². The van der Waals surface area contributed by atoms with Crippen molar-refractivity contribution in [2.75, 3.05) is 19.8 Å². The Labute approximate surface area is 139 Å². The molecule has 0 aromatic rings. The summed E-state index contributed by atoms with van der Waals surface area (Å²) in [6.07, 6.45) is 23.5. The lowest BCUT2D eigenvalue weighted by molar-refractivity contribution is 0.0895.